The van der Waals surface area contributed by atoms with Crippen molar-refractivity contribution in [1.82, 2.24) is 15.2 Å². The van der Waals surface area contributed by atoms with Crippen molar-refractivity contribution in [2.45, 2.75) is 58.2 Å². The highest BCUT2D eigenvalue weighted by molar-refractivity contribution is 7.09. The van der Waals surface area contributed by atoms with E-state index in [0.29, 0.717) is 17.6 Å². The fourth-order valence-corrected chi connectivity index (χ4v) is 4.54. The molecule has 6 heteroatoms. The summed E-state index contributed by atoms with van der Waals surface area (Å²) in [6.45, 7) is 5.75. The molecule has 0 amide bonds. The minimum Gasteiger partial charge on any atom is -0.378 e. The lowest BCUT2D eigenvalue weighted by molar-refractivity contribution is -0.168. The molecule has 1 N–H and O–H groups in total. The first-order chi connectivity index (χ1) is 11.1. The van der Waals surface area contributed by atoms with Crippen LogP contribution in [0.25, 0.3) is 0 Å². The molecular formula is C17H28N4OS. The highest BCUT2D eigenvalue weighted by atomic mass is 32.1. The van der Waals surface area contributed by atoms with Gasteiger partial charge in [-0.2, -0.15) is 0 Å². The second-order valence-corrected chi connectivity index (χ2v) is 7.79. The molecule has 0 bridgehead atoms. The molecule has 2 unspecified atom stereocenters. The summed E-state index contributed by atoms with van der Waals surface area (Å²) in [5, 5.41) is 6.92. The number of aromatic nitrogens is 1. The van der Waals surface area contributed by atoms with Gasteiger partial charge in [0.2, 0.25) is 0 Å². The summed E-state index contributed by atoms with van der Waals surface area (Å²) in [6, 6.07) is 0.492. The molecule has 3 rings (SSSR count). The molecule has 2 saturated carbocycles. The van der Waals surface area contributed by atoms with E-state index in [2.05, 4.69) is 39.5 Å². The summed E-state index contributed by atoms with van der Waals surface area (Å²) in [6.07, 6.45) is 5.41. The van der Waals surface area contributed by atoms with E-state index < -0.39 is 0 Å². The maximum Gasteiger partial charge on any atom is 0.193 e. The fourth-order valence-electron chi connectivity index (χ4n) is 3.94. The molecule has 5 nitrogen and oxygen atoms in total. The molecule has 128 valence electrons. The number of ether oxygens (including phenoxy) is 1. The molecule has 0 aliphatic heterocycles. The minimum atomic E-state index is 0.351. The quantitative estimate of drug-likeness (QED) is 0.663. The van der Waals surface area contributed by atoms with E-state index in [-0.39, 0.29) is 0 Å². The van der Waals surface area contributed by atoms with Gasteiger partial charge < -0.3 is 15.0 Å². The van der Waals surface area contributed by atoms with Crippen molar-refractivity contribution in [3.05, 3.63) is 16.1 Å². The molecule has 2 fully saturated rings. The Kier molecular flexibility index (Phi) is 4.92. The Hall–Kier alpha value is -1.14. The Labute approximate surface area is 143 Å². The van der Waals surface area contributed by atoms with Crippen LogP contribution in [0.1, 0.15) is 43.3 Å². The van der Waals surface area contributed by atoms with Crippen LogP contribution in [-0.2, 0) is 11.3 Å². The Morgan fingerprint density at radius 1 is 1.57 bits per heavy atom. The van der Waals surface area contributed by atoms with Gasteiger partial charge in [-0.05, 0) is 33.1 Å². The van der Waals surface area contributed by atoms with E-state index in [0.717, 1.165) is 36.2 Å². The lowest BCUT2D eigenvalue weighted by Gasteiger charge is -2.61. The van der Waals surface area contributed by atoms with Gasteiger partial charge in [-0.15, -0.1) is 11.3 Å². The summed E-state index contributed by atoms with van der Waals surface area (Å²) in [5.74, 6) is 0.960. The Balaban J connectivity index is 1.59. The number of hydrogen-bond acceptors (Lipinski definition) is 4. The van der Waals surface area contributed by atoms with Gasteiger partial charge in [0.05, 0.1) is 23.4 Å². The van der Waals surface area contributed by atoms with E-state index in [1.165, 1.54) is 19.3 Å². The number of nitrogens with zero attached hydrogens (tertiary/aromatic N) is 3. The van der Waals surface area contributed by atoms with Crippen molar-refractivity contribution in [3.63, 3.8) is 0 Å². The second kappa shape index (κ2) is 6.77. The first kappa shape index (κ1) is 16.7. The lowest BCUT2D eigenvalue weighted by Crippen LogP contribution is -2.68. The van der Waals surface area contributed by atoms with Crippen molar-refractivity contribution in [2.24, 2.45) is 10.4 Å². The van der Waals surface area contributed by atoms with Gasteiger partial charge in [0.15, 0.2) is 5.96 Å². The van der Waals surface area contributed by atoms with Gasteiger partial charge in [0.1, 0.15) is 0 Å². The summed E-state index contributed by atoms with van der Waals surface area (Å²) >= 11 is 1.70. The Morgan fingerprint density at radius 2 is 2.35 bits per heavy atom. The van der Waals surface area contributed by atoms with Crippen LogP contribution in [0.2, 0.25) is 0 Å². The average Bonchev–Trinajstić information content (AvgIpc) is 2.85. The summed E-state index contributed by atoms with van der Waals surface area (Å²) < 4.78 is 5.94. The molecule has 2 aliphatic carbocycles. The van der Waals surface area contributed by atoms with Crippen molar-refractivity contribution < 1.29 is 4.74 Å². The zero-order chi connectivity index (χ0) is 16.4. The van der Waals surface area contributed by atoms with Crippen molar-refractivity contribution >= 4 is 17.3 Å². The largest absolute Gasteiger partial charge is 0.378 e. The number of guanidine groups is 1. The van der Waals surface area contributed by atoms with Crippen LogP contribution < -0.4 is 5.32 Å². The van der Waals surface area contributed by atoms with Gasteiger partial charge in [-0.1, -0.05) is 6.42 Å². The second-order valence-electron chi connectivity index (χ2n) is 6.72. The van der Waals surface area contributed by atoms with Crippen molar-refractivity contribution in [2.75, 3.05) is 20.7 Å². The van der Waals surface area contributed by atoms with Crippen molar-refractivity contribution in [1.29, 1.82) is 0 Å². The summed E-state index contributed by atoms with van der Waals surface area (Å²) in [4.78, 5) is 11.2. The number of aryl methyl sites for hydroxylation is 1. The highest BCUT2D eigenvalue weighted by Gasteiger charge is 2.59. The van der Waals surface area contributed by atoms with E-state index in [1.807, 2.05) is 14.0 Å². The van der Waals surface area contributed by atoms with Gasteiger partial charge in [0, 0.05) is 37.5 Å². The third-order valence-electron chi connectivity index (χ3n) is 5.38. The van der Waals surface area contributed by atoms with E-state index in [1.54, 1.807) is 11.3 Å². The lowest BCUT2D eigenvalue weighted by atomic mass is 9.51. The molecule has 1 heterocycles. The van der Waals surface area contributed by atoms with Gasteiger partial charge in [0.25, 0.3) is 0 Å². The number of nitrogens with one attached hydrogen (secondary N) is 1. The third-order valence-corrected chi connectivity index (χ3v) is 6.20. The van der Waals surface area contributed by atoms with Gasteiger partial charge in [-0.25, -0.2) is 4.98 Å². The third kappa shape index (κ3) is 3.11. The summed E-state index contributed by atoms with van der Waals surface area (Å²) in [5.41, 5.74) is 1.46. The number of aliphatic imine (C=N–C) groups is 1. The molecule has 0 radical (unpaired) electrons. The van der Waals surface area contributed by atoms with Crippen LogP contribution in [0.5, 0.6) is 0 Å². The molecule has 1 aromatic rings. The van der Waals surface area contributed by atoms with E-state index >= 15 is 0 Å². The van der Waals surface area contributed by atoms with Crippen molar-refractivity contribution in [3.8, 4) is 0 Å². The predicted octanol–water partition coefficient (Wildman–Crippen LogP) is 2.81. The van der Waals surface area contributed by atoms with Crippen LogP contribution in [0.3, 0.4) is 0 Å². The van der Waals surface area contributed by atoms with E-state index in [4.69, 9.17) is 4.74 Å². The molecule has 2 atom stereocenters. The van der Waals surface area contributed by atoms with Gasteiger partial charge >= 0.3 is 0 Å². The Morgan fingerprint density at radius 3 is 2.87 bits per heavy atom. The highest BCUT2D eigenvalue weighted by Crippen LogP contribution is 2.57. The maximum absolute atomic E-state index is 5.94. The topological polar surface area (TPSA) is 49.8 Å². The zero-order valence-corrected chi connectivity index (χ0v) is 15.4. The normalized spacial score (nSPS) is 25.8. The van der Waals surface area contributed by atoms with Crippen LogP contribution >= 0.6 is 11.3 Å². The van der Waals surface area contributed by atoms with Crippen LogP contribution in [-0.4, -0.2) is 48.7 Å². The number of thiazole rings is 1. The first-order valence-corrected chi connectivity index (χ1v) is 9.44. The molecule has 0 saturated heterocycles. The molecule has 23 heavy (non-hydrogen) atoms. The molecule has 1 aromatic heterocycles. The van der Waals surface area contributed by atoms with Gasteiger partial charge in [-0.3, -0.25) is 4.99 Å². The Bertz CT molecular complexity index is 567. The first-order valence-electron chi connectivity index (χ1n) is 8.56. The monoisotopic (exact) mass is 336 g/mol. The standard InChI is InChI=1S/C17H28N4OS/c1-5-22-15-9-14(17(15)7-6-8-17)20-16(18-3)21(4)10-13-11-23-12(2)19-13/h11,14-15H,5-10H2,1-4H3,(H,18,20). The molecule has 1 spiro atoms. The number of hydrogen-bond donors (Lipinski definition) is 1. The fraction of sp³-hybridized carbons (Fsp3) is 0.765. The average molecular weight is 337 g/mol. The van der Waals surface area contributed by atoms with Crippen LogP contribution in [0, 0.1) is 12.3 Å². The minimum absolute atomic E-state index is 0.351. The van der Waals surface area contributed by atoms with E-state index in [9.17, 15) is 0 Å². The smallest absolute Gasteiger partial charge is 0.193 e. The predicted molar refractivity (Wildman–Crippen MR) is 94.9 cm³/mol. The SMILES string of the molecule is CCOC1CC(NC(=NC)N(C)Cc2csc(C)n2)C12CCC2. The summed E-state index contributed by atoms with van der Waals surface area (Å²) in [7, 11) is 3.94. The number of rotatable bonds is 5. The van der Waals surface area contributed by atoms with Crippen LogP contribution in [0.4, 0.5) is 0 Å². The maximum atomic E-state index is 5.94. The zero-order valence-electron chi connectivity index (χ0n) is 14.6. The van der Waals surface area contributed by atoms with Crippen LogP contribution in [0.15, 0.2) is 10.4 Å². The molecule has 2 aliphatic rings. The molecular weight excluding hydrogens is 308 g/mol. The molecule has 0 aromatic carbocycles.